The maximum absolute atomic E-state index is 6.19. The molecule has 1 aromatic carbocycles. The molecule has 2 nitrogen and oxygen atoms in total. The van der Waals surface area contributed by atoms with Crippen molar-refractivity contribution in [1.29, 1.82) is 0 Å². The molecule has 0 amide bonds. The molecule has 2 atom stereocenters. The lowest BCUT2D eigenvalue weighted by Gasteiger charge is -2.49. The number of hydrogen-bond donors (Lipinski definition) is 1. The maximum Gasteiger partial charge on any atom is 0.0636 e. The van der Waals surface area contributed by atoms with Crippen molar-refractivity contribution in [1.82, 2.24) is 0 Å². The molecule has 1 saturated heterocycles. The molecular weight excluding hydrogens is 252 g/mol. The fourth-order valence-electron chi connectivity index (χ4n) is 3.24. The summed E-state index contributed by atoms with van der Waals surface area (Å²) >= 11 is 2.06. The molecule has 3 heteroatoms. The standard InChI is InChI=1S/C16H26N2S/c1-12-8-13(2)10-15(9-12)18(4)16(11-17)6-5-7-19-14(16)3/h8-10,14H,5-7,11,17H2,1-4H3. The Balaban J connectivity index is 2.36. The van der Waals surface area contributed by atoms with E-state index in [-0.39, 0.29) is 5.54 Å². The second-order valence-corrected chi connectivity index (χ2v) is 7.28. The van der Waals surface area contributed by atoms with Gasteiger partial charge in [-0.3, -0.25) is 0 Å². The number of hydrogen-bond acceptors (Lipinski definition) is 3. The zero-order valence-corrected chi connectivity index (χ0v) is 13.4. The summed E-state index contributed by atoms with van der Waals surface area (Å²) in [7, 11) is 2.21. The highest BCUT2D eigenvalue weighted by Crippen LogP contribution is 2.39. The molecule has 2 rings (SSSR count). The fourth-order valence-corrected chi connectivity index (χ4v) is 4.59. The van der Waals surface area contributed by atoms with Gasteiger partial charge < -0.3 is 10.6 Å². The predicted molar refractivity (Wildman–Crippen MR) is 87.3 cm³/mol. The smallest absolute Gasteiger partial charge is 0.0636 e. The first-order chi connectivity index (χ1) is 8.99. The van der Waals surface area contributed by atoms with Gasteiger partial charge in [-0.1, -0.05) is 13.0 Å². The molecule has 0 aromatic heterocycles. The molecule has 1 heterocycles. The van der Waals surface area contributed by atoms with E-state index < -0.39 is 0 Å². The van der Waals surface area contributed by atoms with Crippen molar-refractivity contribution in [2.24, 2.45) is 5.73 Å². The number of thioether (sulfide) groups is 1. The van der Waals surface area contributed by atoms with Gasteiger partial charge in [0.15, 0.2) is 0 Å². The Morgan fingerprint density at radius 1 is 1.32 bits per heavy atom. The Morgan fingerprint density at radius 2 is 1.95 bits per heavy atom. The second kappa shape index (κ2) is 5.76. The average Bonchev–Trinajstić information content (AvgIpc) is 2.38. The summed E-state index contributed by atoms with van der Waals surface area (Å²) in [6.07, 6.45) is 2.46. The van der Waals surface area contributed by atoms with E-state index in [1.54, 1.807) is 0 Å². The monoisotopic (exact) mass is 278 g/mol. The summed E-state index contributed by atoms with van der Waals surface area (Å²) in [6.45, 7) is 7.39. The first kappa shape index (κ1) is 14.7. The van der Waals surface area contributed by atoms with Crippen molar-refractivity contribution in [3.8, 4) is 0 Å². The highest BCUT2D eigenvalue weighted by molar-refractivity contribution is 8.00. The van der Waals surface area contributed by atoms with Crippen molar-refractivity contribution in [3.05, 3.63) is 29.3 Å². The van der Waals surface area contributed by atoms with Gasteiger partial charge in [0.25, 0.3) is 0 Å². The topological polar surface area (TPSA) is 29.3 Å². The molecule has 2 N–H and O–H groups in total. The molecule has 1 aliphatic heterocycles. The molecule has 1 aliphatic rings. The molecule has 1 fully saturated rings. The van der Waals surface area contributed by atoms with Crippen LogP contribution in [-0.2, 0) is 0 Å². The van der Waals surface area contributed by atoms with Gasteiger partial charge in [0, 0.05) is 24.5 Å². The van der Waals surface area contributed by atoms with Gasteiger partial charge in [0.2, 0.25) is 0 Å². The summed E-state index contributed by atoms with van der Waals surface area (Å²) in [6, 6.07) is 6.78. The summed E-state index contributed by atoms with van der Waals surface area (Å²) in [5.74, 6) is 1.27. The summed E-state index contributed by atoms with van der Waals surface area (Å²) in [5.41, 5.74) is 10.2. The van der Waals surface area contributed by atoms with E-state index >= 15 is 0 Å². The van der Waals surface area contributed by atoms with Crippen LogP contribution in [0.4, 0.5) is 5.69 Å². The van der Waals surface area contributed by atoms with Gasteiger partial charge in [-0.2, -0.15) is 11.8 Å². The van der Waals surface area contributed by atoms with Gasteiger partial charge in [0.05, 0.1) is 5.54 Å². The van der Waals surface area contributed by atoms with Crippen LogP contribution in [0.1, 0.15) is 30.9 Å². The van der Waals surface area contributed by atoms with Crippen molar-refractivity contribution in [3.63, 3.8) is 0 Å². The number of benzene rings is 1. The maximum atomic E-state index is 6.19. The lowest BCUT2D eigenvalue weighted by molar-refractivity contribution is 0.367. The fraction of sp³-hybridized carbons (Fsp3) is 0.625. The van der Waals surface area contributed by atoms with Gasteiger partial charge >= 0.3 is 0 Å². The predicted octanol–water partition coefficient (Wildman–Crippen LogP) is 3.35. The van der Waals surface area contributed by atoms with E-state index in [2.05, 4.69) is 62.7 Å². The number of anilines is 1. The number of nitrogens with two attached hydrogens (primary N) is 1. The van der Waals surface area contributed by atoms with E-state index in [0.717, 1.165) is 6.54 Å². The summed E-state index contributed by atoms with van der Waals surface area (Å²) in [4.78, 5) is 2.43. The summed E-state index contributed by atoms with van der Waals surface area (Å²) in [5, 5.41) is 0.581. The third-order valence-corrected chi connectivity index (χ3v) is 5.96. The van der Waals surface area contributed by atoms with Crippen LogP contribution in [0, 0.1) is 13.8 Å². The molecule has 19 heavy (non-hydrogen) atoms. The lowest BCUT2D eigenvalue weighted by Crippen LogP contribution is -2.59. The van der Waals surface area contributed by atoms with Crippen LogP contribution in [0.3, 0.4) is 0 Å². The first-order valence-corrected chi connectivity index (χ1v) is 8.18. The Kier molecular flexibility index (Phi) is 4.46. The molecule has 106 valence electrons. The van der Waals surface area contributed by atoms with E-state index in [9.17, 15) is 0 Å². The normalized spacial score (nSPS) is 27.3. The Morgan fingerprint density at radius 3 is 2.47 bits per heavy atom. The Hall–Kier alpha value is -0.670. The second-order valence-electron chi connectivity index (χ2n) is 5.83. The molecule has 1 aromatic rings. The van der Waals surface area contributed by atoms with Crippen molar-refractivity contribution in [2.45, 2.75) is 44.4 Å². The van der Waals surface area contributed by atoms with Gasteiger partial charge in [0.1, 0.15) is 0 Å². The third kappa shape index (κ3) is 2.77. The molecular formula is C16H26N2S. The van der Waals surface area contributed by atoms with Gasteiger partial charge in [-0.05, 0) is 55.7 Å². The quantitative estimate of drug-likeness (QED) is 0.919. The SMILES string of the molecule is Cc1cc(C)cc(N(C)C2(CN)CCCSC2C)c1. The van der Waals surface area contributed by atoms with Crippen LogP contribution in [0.5, 0.6) is 0 Å². The number of aryl methyl sites for hydroxylation is 2. The van der Waals surface area contributed by atoms with Crippen LogP contribution in [0.15, 0.2) is 18.2 Å². The highest BCUT2D eigenvalue weighted by Gasteiger charge is 2.41. The van der Waals surface area contributed by atoms with E-state index in [1.165, 1.54) is 35.4 Å². The minimum Gasteiger partial charge on any atom is -0.367 e. The van der Waals surface area contributed by atoms with E-state index in [0.29, 0.717) is 5.25 Å². The van der Waals surface area contributed by atoms with Crippen molar-refractivity contribution >= 4 is 17.4 Å². The van der Waals surface area contributed by atoms with E-state index in [4.69, 9.17) is 5.73 Å². The first-order valence-electron chi connectivity index (χ1n) is 7.13. The Labute approximate surface area is 121 Å². The van der Waals surface area contributed by atoms with E-state index in [1.807, 2.05) is 0 Å². The molecule has 0 saturated carbocycles. The van der Waals surface area contributed by atoms with Crippen LogP contribution in [-0.4, -0.2) is 30.1 Å². The number of rotatable bonds is 3. The lowest BCUT2D eigenvalue weighted by atomic mass is 9.87. The molecule has 0 radical (unpaired) electrons. The molecule has 0 spiro atoms. The molecule has 2 unspecified atom stereocenters. The minimum atomic E-state index is 0.100. The third-order valence-electron chi connectivity index (χ3n) is 4.49. The highest BCUT2D eigenvalue weighted by atomic mass is 32.2. The van der Waals surface area contributed by atoms with Crippen LogP contribution in [0.25, 0.3) is 0 Å². The zero-order valence-electron chi connectivity index (χ0n) is 12.6. The minimum absolute atomic E-state index is 0.100. The average molecular weight is 278 g/mol. The van der Waals surface area contributed by atoms with Gasteiger partial charge in [-0.25, -0.2) is 0 Å². The molecule has 0 aliphatic carbocycles. The van der Waals surface area contributed by atoms with Gasteiger partial charge in [-0.15, -0.1) is 0 Å². The number of nitrogens with zero attached hydrogens (tertiary/aromatic N) is 1. The zero-order chi connectivity index (χ0) is 14.0. The number of likely N-dealkylation sites (N-methyl/N-ethyl adjacent to an activating group) is 1. The van der Waals surface area contributed by atoms with Crippen LogP contribution in [0.2, 0.25) is 0 Å². The summed E-state index contributed by atoms with van der Waals surface area (Å²) < 4.78 is 0. The van der Waals surface area contributed by atoms with Crippen molar-refractivity contribution in [2.75, 3.05) is 24.2 Å². The van der Waals surface area contributed by atoms with Crippen molar-refractivity contribution < 1.29 is 0 Å². The Bertz CT molecular complexity index is 426. The van der Waals surface area contributed by atoms with Crippen LogP contribution < -0.4 is 10.6 Å². The largest absolute Gasteiger partial charge is 0.367 e. The molecule has 0 bridgehead atoms. The van der Waals surface area contributed by atoms with Crippen LogP contribution >= 0.6 is 11.8 Å².